The van der Waals surface area contributed by atoms with Crippen molar-refractivity contribution in [2.45, 2.75) is 58.0 Å². The molecule has 1 aromatic rings. The van der Waals surface area contributed by atoms with E-state index in [9.17, 15) is 0 Å². The smallest absolute Gasteiger partial charge is 0.145 e. The number of hydrogen-bond acceptors (Lipinski definition) is 4. The first-order valence-corrected chi connectivity index (χ1v) is 6.49. The van der Waals surface area contributed by atoms with Gasteiger partial charge in [0.1, 0.15) is 5.82 Å². The fourth-order valence-electron chi connectivity index (χ4n) is 2.32. The summed E-state index contributed by atoms with van der Waals surface area (Å²) in [5.74, 6) is 0.857. The van der Waals surface area contributed by atoms with E-state index in [4.69, 9.17) is 5.73 Å². The Kier molecular flexibility index (Phi) is 3.94. The molecule has 1 aliphatic carbocycles. The predicted octanol–water partition coefficient (Wildman–Crippen LogP) is 2.17. The second kappa shape index (κ2) is 5.45. The van der Waals surface area contributed by atoms with Crippen molar-refractivity contribution >= 4 is 5.82 Å². The van der Waals surface area contributed by atoms with E-state index in [0.717, 1.165) is 30.0 Å². The molecule has 0 aliphatic heterocycles. The third-order valence-corrected chi connectivity index (χ3v) is 3.59. The molecule has 0 bridgehead atoms. The summed E-state index contributed by atoms with van der Waals surface area (Å²) in [5.41, 5.74) is 8.15. The van der Waals surface area contributed by atoms with Crippen molar-refractivity contribution in [2.75, 3.05) is 5.32 Å². The number of aryl methyl sites for hydroxylation is 2. The molecule has 4 heteroatoms. The standard InChI is InChI=1S/C13H22N4/c1-9-10(2)16-13(8-15-9)17-12-7-5-3-4-6-11(12)14/h8,11-12H,3-7,14H2,1-2H3,(H,16,17). The first-order chi connectivity index (χ1) is 8.16. The Bertz CT molecular complexity index is 378. The molecule has 1 aliphatic rings. The highest BCUT2D eigenvalue weighted by Gasteiger charge is 2.20. The number of aromatic nitrogens is 2. The molecule has 94 valence electrons. The maximum atomic E-state index is 6.18. The van der Waals surface area contributed by atoms with Crippen molar-refractivity contribution in [3.05, 3.63) is 17.6 Å². The molecule has 17 heavy (non-hydrogen) atoms. The molecule has 1 heterocycles. The molecule has 1 aromatic heterocycles. The Hall–Kier alpha value is -1.16. The van der Waals surface area contributed by atoms with Gasteiger partial charge in [-0.3, -0.25) is 4.98 Å². The SMILES string of the molecule is Cc1ncc(NC2CCCCCC2N)nc1C. The number of nitrogens with zero attached hydrogens (tertiary/aromatic N) is 2. The van der Waals surface area contributed by atoms with Gasteiger partial charge in [0.25, 0.3) is 0 Å². The summed E-state index contributed by atoms with van der Waals surface area (Å²) in [5, 5.41) is 3.44. The number of nitrogens with one attached hydrogen (secondary N) is 1. The van der Waals surface area contributed by atoms with Gasteiger partial charge in [-0.2, -0.15) is 0 Å². The van der Waals surface area contributed by atoms with E-state index in [0.29, 0.717) is 6.04 Å². The van der Waals surface area contributed by atoms with Gasteiger partial charge in [0, 0.05) is 12.1 Å². The molecule has 0 radical (unpaired) electrons. The first kappa shape index (κ1) is 12.3. The molecule has 0 amide bonds. The van der Waals surface area contributed by atoms with Gasteiger partial charge in [0.15, 0.2) is 0 Å². The summed E-state index contributed by atoms with van der Waals surface area (Å²) in [6.45, 7) is 3.96. The first-order valence-electron chi connectivity index (χ1n) is 6.49. The third kappa shape index (κ3) is 3.16. The molecule has 1 fully saturated rings. The van der Waals surface area contributed by atoms with Crippen LogP contribution >= 0.6 is 0 Å². The van der Waals surface area contributed by atoms with Crippen LogP contribution in [0.3, 0.4) is 0 Å². The zero-order valence-corrected chi connectivity index (χ0v) is 10.7. The highest BCUT2D eigenvalue weighted by atomic mass is 15.1. The lowest BCUT2D eigenvalue weighted by molar-refractivity contribution is 0.526. The minimum Gasteiger partial charge on any atom is -0.364 e. The Labute approximate surface area is 103 Å². The second-order valence-corrected chi connectivity index (χ2v) is 4.98. The van der Waals surface area contributed by atoms with E-state index in [-0.39, 0.29) is 6.04 Å². The van der Waals surface area contributed by atoms with Crippen LogP contribution in [0.15, 0.2) is 6.20 Å². The van der Waals surface area contributed by atoms with E-state index in [2.05, 4.69) is 15.3 Å². The Balaban J connectivity index is 2.05. The molecule has 1 saturated carbocycles. The second-order valence-electron chi connectivity index (χ2n) is 4.98. The number of anilines is 1. The van der Waals surface area contributed by atoms with Gasteiger partial charge in [0.05, 0.1) is 17.6 Å². The van der Waals surface area contributed by atoms with Crippen LogP contribution < -0.4 is 11.1 Å². The van der Waals surface area contributed by atoms with Crippen LogP contribution in [0.5, 0.6) is 0 Å². The average Bonchev–Trinajstić information content (AvgIpc) is 2.50. The van der Waals surface area contributed by atoms with Crippen molar-refractivity contribution in [3.8, 4) is 0 Å². The normalized spacial score (nSPS) is 25.4. The lowest BCUT2D eigenvalue weighted by Gasteiger charge is -2.23. The maximum absolute atomic E-state index is 6.18. The molecule has 0 spiro atoms. The van der Waals surface area contributed by atoms with Crippen molar-refractivity contribution in [1.82, 2.24) is 9.97 Å². The Morgan fingerprint density at radius 2 is 1.94 bits per heavy atom. The summed E-state index contributed by atoms with van der Waals surface area (Å²) < 4.78 is 0. The van der Waals surface area contributed by atoms with Gasteiger partial charge in [0.2, 0.25) is 0 Å². The Morgan fingerprint density at radius 1 is 1.18 bits per heavy atom. The van der Waals surface area contributed by atoms with Gasteiger partial charge in [-0.15, -0.1) is 0 Å². The van der Waals surface area contributed by atoms with Crippen LogP contribution in [-0.4, -0.2) is 22.1 Å². The van der Waals surface area contributed by atoms with Gasteiger partial charge in [-0.05, 0) is 26.7 Å². The molecule has 4 nitrogen and oxygen atoms in total. The van der Waals surface area contributed by atoms with Gasteiger partial charge < -0.3 is 11.1 Å². The van der Waals surface area contributed by atoms with Gasteiger partial charge >= 0.3 is 0 Å². The summed E-state index contributed by atoms with van der Waals surface area (Å²) in [7, 11) is 0. The van der Waals surface area contributed by atoms with Gasteiger partial charge in [-0.1, -0.05) is 19.3 Å². The highest BCUT2D eigenvalue weighted by molar-refractivity contribution is 5.35. The average molecular weight is 234 g/mol. The minimum atomic E-state index is 0.237. The van der Waals surface area contributed by atoms with Crippen molar-refractivity contribution in [3.63, 3.8) is 0 Å². The summed E-state index contributed by atoms with van der Waals surface area (Å²) >= 11 is 0. The number of rotatable bonds is 2. The fourth-order valence-corrected chi connectivity index (χ4v) is 2.32. The summed E-state index contributed by atoms with van der Waals surface area (Å²) in [4.78, 5) is 8.83. The molecule has 3 N–H and O–H groups in total. The summed E-state index contributed by atoms with van der Waals surface area (Å²) in [6.07, 6.45) is 7.84. The van der Waals surface area contributed by atoms with Gasteiger partial charge in [-0.25, -0.2) is 4.98 Å². The fraction of sp³-hybridized carbons (Fsp3) is 0.692. The summed E-state index contributed by atoms with van der Waals surface area (Å²) in [6, 6.07) is 0.579. The third-order valence-electron chi connectivity index (χ3n) is 3.59. The molecule has 0 aromatic carbocycles. The molecule has 2 unspecified atom stereocenters. The maximum Gasteiger partial charge on any atom is 0.145 e. The van der Waals surface area contributed by atoms with Crippen LogP contribution in [0.1, 0.15) is 43.5 Å². The molecule has 2 rings (SSSR count). The van der Waals surface area contributed by atoms with E-state index >= 15 is 0 Å². The topological polar surface area (TPSA) is 63.8 Å². The molecule has 2 atom stereocenters. The molecule has 0 saturated heterocycles. The van der Waals surface area contributed by atoms with E-state index in [1.54, 1.807) is 6.20 Å². The monoisotopic (exact) mass is 234 g/mol. The quantitative estimate of drug-likeness (QED) is 0.770. The largest absolute Gasteiger partial charge is 0.364 e. The Morgan fingerprint density at radius 3 is 2.71 bits per heavy atom. The van der Waals surface area contributed by atoms with Crippen LogP contribution in [0.4, 0.5) is 5.82 Å². The number of hydrogen-bond donors (Lipinski definition) is 2. The molecular weight excluding hydrogens is 212 g/mol. The molecular formula is C13H22N4. The lowest BCUT2D eigenvalue weighted by atomic mass is 10.0. The van der Waals surface area contributed by atoms with Crippen molar-refractivity contribution < 1.29 is 0 Å². The zero-order valence-electron chi connectivity index (χ0n) is 10.7. The minimum absolute atomic E-state index is 0.237. The van der Waals surface area contributed by atoms with E-state index in [1.165, 1.54) is 19.3 Å². The van der Waals surface area contributed by atoms with E-state index in [1.807, 2.05) is 13.8 Å². The van der Waals surface area contributed by atoms with E-state index < -0.39 is 0 Å². The van der Waals surface area contributed by atoms with Crippen LogP contribution in [0.25, 0.3) is 0 Å². The number of nitrogens with two attached hydrogens (primary N) is 1. The lowest BCUT2D eigenvalue weighted by Crippen LogP contribution is -2.39. The predicted molar refractivity (Wildman–Crippen MR) is 70.0 cm³/mol. The zero-order chi connectivity index (χ0) is 12.3. The highest BCUT2D eigenvalue weighted by Crippen LogP contribution is 2.19. The van der Waals surface area contributed by atoms with Crippen molar-refractivity contribution in [1.29, 1.82) is 0 Å². The van der Waals surface area contributed by atoms with Crippen LogP contribution in [0, 0.1) is 13.8 Å². The van der Waals surface area contributed by atoms with Crippen LogP contribution in [-0.2, 0) is 0 Å². The van der Waals surface area contributed by atoms with Crippen LogP contribution in [0.2, 0.25) is 0 Å². The van der Waals surface area contributed by atoms with Crippen molar-refractivity contribution in [2.24, 2.45) is 5.73 Å².